The Hall–Kier alpha value is -0.770. The van der Waals surface area contributed by atoms with Crippen molar-refractivity contribution in [3.8, 4) is 0 Å². The van der Waals surface area contributed by atoms with E-state index in [1.165, 1.54) is 32.1 Å². The molecule has 1 aliphatic rings. The molecule has 0 amide bonds. The van der Waals surface area contributed by atoms with Crippen LogP contribution < -0.4 is 5.73 Å². The van der Waals surface area contributed by atoms with Crippen molar-refractivity contribution in [2.75, 3.05) is 6.54 Å². The zero-order chi connectivity index (χ0) is 11.3. The van der Waals surface area contributed by atoms with Gasteiger partial charge in [-0.25, -0.2) is 0 Å². The SMILES string of the molecule is CCN(C1CCCCC1)C(C)C(N)=NO. The van der Waals surface area contributed by atoms with Crippen LogP contribution in [0, 0.1) is 0 Å². The second kappa shape index (κ2) is 5.95. The molecule has 1 atom stereocenters. The minimum Gasteiger partial charge on any atom is -0.409 e. The van der Waals surface area contributed by atoms with Gasteiger partial charge < -0.3 is 10.9 Å². The Bertz CT molecular complexity index is 212. The van der Waals surface area contributed by atoms with Crippen molar-refractivity contribution in [1.29, 1.82) is 0 Å². The van der Waals surface area contributed by atoms with Gasteiger partial charge in [0.1, 0.15) is 0 Å². The van der Waals surface area contributed by atoms with Gasteiger partial charge in [0.25, 0.3) is 0 Å². The van der Waals surface area contributed by atoms with E-state index in [0.29, 0.717) is 11.9 Å². The van der Waals surface area contributed by atoms with Gasteiger partial charge >= 0.3 is 0 Å². The zero-order valence-electron chi connectivity index (χ0n) is 9.82. The van der Waals surface area contributed by atoms with Gasteiger partial charge in [0, 0.05) is 6.04 Å². The largest absolute Gasteiger partial charge is 0.409 e. The molecule has 0 aromatic heterocycles. The number of oxime groups is 1. The van der Waals surface area contributed by atoms with Gasteiger partial charge in [-0.3, -0.25) is 4.90 Å². The third kappa shape index (κ3) is 3.09. The summed E-state index contributed by atoms with van der Waals surface area (Å²) in [4.78, 5) is 2.34. The molecule has 0 aliphatic heterocycles. The molecule has 0 aromatic carbocycles. The lowest BCUT2D eigenvalue weighted by Gasteiger charge is -2.37. The van der Waals surface area contributed by atoms with Gasteiger partial charge in [-0.1, -0.05) is 31.3 Å². The molecule has 1 rings (SSSR count). The summed E-state index contributed by atoms with van der Waals surface area (Å²) in [6, 6.07) is 0.655. The van der Waals surface area contributed by atoms with Crippen LogP contribution in [0.25, 0.3) is 0 Å². The van der Waals surface area contributed by atoms with Crippen LogP contribution >= 0.6 is 0 Å². The first kappa shape index (κ1) is 12.3. The average molecular weight is 213 g/mol. The Labute approximate surface area is 92.1 Å². The average Bonchev–Trinajstić information content (AvgIpc) is 2.30. The van der Waals surface area contributed by atoms with Crippen LogP contribution in [0.2, 0.25) is 0 Å². The lowest BCUT2D eigenvalue weighted by Crippen LogP contribution is -2.48. The van der Waals surface area contributed by atoms with E-state index < -0.39 is 0 Å². The van der Waals surface area contributed by atoms with Gasteiger partial charge in [-0.05, 0) is 26.3 Å². The van der Waals surface area contributed by atoms with Crippen molar-refractivity contribution in [1.82, 2.24) is 4.90 Å². The lowest BCUT2D eigenvalue weighted by molar-refractivity contribution is 0.145. The van der Waals surface area contributed by atoms with Crippen molar-refractivity contribution < 1.29 is 5.21 Å². The second-order valence-corrected chi connectivity index (χ2v) is 4.32. The molecule has 1 saturated carbocycles. The Morgan fingerprint density at radius 3 is 2.53 bits per heavy atom. The number of hydrogen-bond donors (Lipinski definition) is 2. The molecular formula is C11H23N3O. The molecule has 0 spiro atoms. The van der Waals surface area contributed by atoms with Crippen molar-refractivity contribution in [3.63, 3.8) is 0 Å². The predicted octanol–water partition coefficient (Wildman–Crippen LogP) is 1.78. The minimum absolute atomic E-state index is 0.0445. The van der Waals surface area contributed by atoms with Crippen molar-refractivity contribution >= 4 is 5.84 Å². The second-order valence-electron chi connectivity index (χ2n) is 4.32. The molecule has 1 fully saturated rings. The Balaban J connectivity index is 2.60. The van der Waals surface area contributed by atoms with Crippen LogP contribution in [0.15, 0.2) is 5.16 Å². The summed E-state index contributed by atoms with van der Waals surface area (Å²) in [5, 5.41) is 11.8. The maximum atomic E-state index is 8.68. The van der Waals surface area contributed by atoms with Crippen LogP contribution in [-0.4, -0.2) is 34.6 Å². The first-order valence-corrected chi connectivity index (χ1v) is 5.93. The highest BCUT2D eigenvalue weighted by atomic mass is 16.4. The van der Waals surface area contributed by atoms with Gasteiger partial charge in [0.2, 0.25) is 0 Å². The molecule has 88 valence electrons. The molecule has 0 saturated heterocycles. The molecule has 1 unspecified atom stereocenters. The fraction of sp³-hybridized carbons (Fsp3) is 0.909. The van der Waals surface area contributed by atoms with E-state index in [9.17, 15) is 0 Å². The summed E-state index contributed by atoms with van der Waals surface area (Å²) in [5.74, 6) is 0.322. The summed E-state index contributed by atoms with van der Waals surface area (Å²) < 4.78 is 0. The molecule has 0 bridgehead atoms. The summed E-state index contributed by atoms with van der Waals surface area (Å²) in [6.45, 7) is 5.10. The van der Waals surface area contributed by atoms with Gasteiger partial charge in [0.05, 0.1) is 6.04 Å². The highest BCUT2D eigenvalue weighted by Gasteiger charge is 2.25. The maximum Gasteiger partial charge on any atom is 0.156 e. The monoisotopic (exact) mass is 213 g/mol. The Morgan fingerprint density at radius 1 is 1.47 bits per heavy atom. The van der Waals surface area contributed by atoms with Gasteiger partial charge in [-0.15, -0.1) is 0 Å². The van der Waals surface area contributed by atoms with Crippen LogP contribution in [-0.2, 0) is 0 Å². The zero-order valence-corrected chi connectivity index (χ0v) is 9.82. The molecule has 0 heterocycles. The third-order valence-electron chi connectivity index (χ3n) is 3.45. The molecule has 4 nitrogen and oxygen atoms in total. The number of amidine groups is 1. The molecule has 3 N–H and O–H groups in total. The minimum atomic E-state index is 0.0445. The number of likely N-dealkylation sites (N-methyl/N-ethyl adjacent to an activating group) is 1. The summed E-state index contributed by atoms with van der Waals surface area (Å²) in [7, 11) is 0. The summed E-state index contributed by atoms with van der Waals surface area (Å²) >= 11 is 0. The number of nitrogens with two attached hydrogens (primary N) is 1. The molecular weight excluding hydrogens is 190 g/mol. The predicted molar refractivity (Wildman–Crippen MR) is 62.1 cm³/mol. The van der Waals surface area contributed by atoms with Gasteiger partial charge in [-0.2, -0.15) is 0 Å². The van der Waals surface area contributed by atoms with Gasteiger partial charge in [0.15, 0.2) is 5.84 Å². The van der Waals surface area contributed by atoms with E-state index in [0.717, 1.165) is 6.54 Å². The summed E-state index contributed by atoms with van der Waals surface area (Å²) in [5.41, 5.74) is 5.66. The highest BCUT2D eigenvalue weighted by molar-refractivity contribution is 5.84. The molecule has 4 heteroatoms. The first-order chi connectivity index (χ1) is 7.20. The van der Waals surface area contributed by atoms with Crippen LogP contribution in [0.1, 0.15) is 46.0 Å². The van der Waals surface area contributed by atoms with Crippen molar-refractivity contribution in [2.24, 2.45) is 10.9 Å². The first-order valence-electron chi connectivity index (χ1n) is 5.93. The van der Waals surface area contributed by atoms with E-state index in [-0.39, 0.29) is 6.04 Å². The Morgan fingerprint density at radius 2 is 2.07 bits per heavy atom. The normalized spacial score (nSPS) is 21.9. The van der Waals surface area contributed by atoms with Crippen molar-refractivity contribution in [3.05, 3.63) is 0 Å². The van der Waals surface area contributed by atoms with E-state index in [2.05, 4.69) is 17.0 Å². The van der Waals surface area contributed by atoms with Crippen LogP contribution in [0.4, 0.5) is 0 Å². The van der Waals surface area contributed by atoms with Crippen molar-refractivity contribution in [2.45, 2.75) is 58.0 Å². The maximum absolute atomic E-state index is 8.68. The van der Waals surface area contributed by atoms with Crippen LogP contribution in [0.3, 0.4) is 0 Å². The van der Waals surface area contributed by atoms with Crippen LogP contribution in [0.5, 0.6) is 0 Å². The fourth-order valence-corrected chi connectivity index (χ4v) is 2.51. The molecule has 0 aromatic rings. The molecule has 15 heavy (non-hydrogen) atoms. The number of nitrogens with zero attached hydrogens (tertiary/aromatic N) is 2. The Kier molecular flexibility index (Phi) is 4.88. The smallest absolute Gasteiger partial charge is 0.156 e. The standard InChI is InChI=1S/C11H23N3O/c1-3-14(9(2)11(12)13-15)10-7-5-4-6-8-10/h9-10,15H,3-8H2,1-2H3,(H2,12,13). The van der Waals surface area contributed by atoms with E-state index >= 15 is 0 Å². The molecule has 0 radical (unpaired) electrons. The quantitative estimate of drug-likeness (QED) is 0.324. The topological polar surface area (TPSA) is 61.8 Å². The van der Waals surface area contributed by atoms with E-state index in [1.54, 1.807) is 0 Å². The highest BCUT2D eigenvalue weighted by Crippen LogP contribution is 2.23. The lowest BCUT2D eigenvalue weighted by atomic mass is 9.93. The summed E-state index contributed by atoms with van der Waals surface area (Å²) in [6.07, 6.45) is 6.47. The number of hydrogen-bond acceptors (Lipinski definition) is 3. The number of rotatable bonds is 4. The van der Waals surface area contributed by atoms with E-state index in [4.69, 9.17) is 10.9 Å². The third-order valence-corrected chi connectivity index (χ3v) is 3.45. The van der Waals surface area contributed by atoms with E-state index in [1.807, 2.05) is 6.92 Å². The molecule has 1 aliphatic carbocycles. The fourth-order valence-electron chi connectivity index (χ4n) is 2.51.